The minimum Gasteiger partial charge on any atom is -0.506 e. The fourth-order valence-electron chi connectivity index (χ4n) is 2.16. The molecule has 1 aliphatic rings. The van der Waals surface area contributed by atoms with Crippen LogP contribution in [0.3, 0.4) is 0 Å². The summed E-state index contributed by atoms with van der Waals surface area (Å²) in [5.41, 5.74) is 3.28. The molecular weight excluding hydrogens is 290 g/mol. The molecule has 1 heterocycles. The molecule has 2 aromatic rings. The summed E-state index contributed by atoms with van der Waals surface area (Å²) in [6.07, 6.45) is 1.60. The molecule has 1 N–H and O–H groups in total. The largest absolute Gasteiger partial charge is 0.506 e. The fourth-order valence-corrected chi connectivity index (χ4v) is 2.44. The normalized spacial score (nSPS) is 14.0. The molecule has 5 heteroatoms. The van der Waals surface area contributed by atoms with E-state index in [4.69, 9.17) is 21.1 Å². The summed E-state index contributed by atoms with van der Waals surface area (Å²) in [7, 11) is 0. The van der Waals surface area contributed by atoms with E-state index >= 15 is 0 Å². The molecule has 0 fully saturated rings. The molecule has 4 nitrogen and oxygen atoms in total. The van der Waals surface area contributed by atoms with Gasteiger partial charge in [0.15, 0.2) is 6.79 Å². The number of benzene rings is 2. The first-order valence-electron chi connectivity index (χ1n) is 6.50. The standard InChI is InChI=1S/C16H14ClNO3/c1-10-4-11(16(19)14(17)5-10)7-18-13-2-3-15-12(6-13)8-20-9-21-15/h2-7,19H,8-9H2,1H3. The minimum atomic E-state index is 0.0376. The Kier molecular flexibility index (Phi) is 3.82. The predicted octanol–water partition coefficient (Wildman–Crippen LogP) is 3.97. The van der Waals surface area contributed by atoms with E-state index in [-0.39, 0.29) is 12.5 Å². The molecule has 21 heavy (non-hydrogen) atoms. The lowest BCUT2D eigenvalue weighted by Crippen LogP contribution is -2.10. The second-order valence-corrected chi connectivity index (χ2v) is 5.25. The van der Waals surface area contributed by atoms with E-state index in [0.717, 1.165) is 22.6 Å². The average molecular weight is 304 g/mol. The highest BCUT2D eigenvalue weighted by Crippen LogP contribution is 2.30. The van der Waals surface area contributed by atoms with Gasteiger partial charge < -0.3 is 14.6 Å². The van der Waals surface area contributed by atoms with Crippen LogP contribution in [0.4, 0.5) is 5.69 Å². The number of aryl methyl sites for hydroxylation is 1. The van der Waals surface area contributed by atoms with E-state index < -0.39 is 0 Å². The Bertz CT molecular complexity index is 713. The van der Waals surface area contributed by atoms with Gasteiger partial charge in [-0.2, -0.15) is 0 Å². The first-order chi connectivity index (χ1) is 10.1. The van der Waals surface area contributed by atoms with Crippen LogP contribution in [-0.2, 0) is 11.3 Å². The SMILES string of the molecule is Cc1cc(Cl)c(O)c(C=Nc2ccc3c(c2)COCO3)c1. The smallest absolute Gasteiger partial charge is 0.189 e. The Morgan fingerprint density at radius 1 is 1.29 bits per heavy atom. The Morgan fingerprint density at radius 3 is 3.00 bits per heavy atom. The topological polar surface area (TPSA) is 51.1 Å². The van der Waals surface area contributed by atoms with Gasteiger partial charge in [0.05, 0.1) is 17.3 Å². The fraction of sp³-hybridized carbons (Fsp3) is 0.188. The van der Waals surface area contributed by atoms with E-state index in [2.05, 4.69) is 4.99 Å². The molecule has 1 aliphatic heterocycles. The van der Waals surface area contributed by atoms with Gasteiger partial charge in [0.1, 0.15) is 11.5 Å². The lowest BCUT2D eigenvalue weighted by Gasteiger charge is -2.17. The van der Waals surface area contributed by atoms with Crippen LogP contribution < -0.4 is 4.74 Å². The molecule has 0 bridgehead atoms. The van der Waals surface area contributed by atoms with E-state index in [1.807, 2.05) is 31.2 Å². The minimum absolute atomic E-state index is 0.0376. The Hall–Kier alpha value is -2.04. The zero-order valence-electron chi connectivity index (χ0n) is 11.5. The number of nitrogens with zero attached hydrogens (tertiary/aromatic N) is 1. The maximum Gasteiger partial charge on any atom is 0.189 e. The lowest BCUT2D eigenvalue weighted by atomic mass is 10.1. The van der Waals surface area contributed by atoms with Crippen molar-refractivity contribution in [3.63, 3.8) is 0 Å². The van der Waals surface area contributed by atoms with Crippen molar-refractivity contribution in [1.29, 1.82) is 0 Å². The molecule has 0 amide bonds. The summed E-state index contributed by atoms with van der Waals surface area (Å²) in [5.74, 6) is 0.859. The highest BCUT2D eigenvalue weighted by Gasteiger charge is 2.10. The molecular formula is C16H14ClNO3. The third-order valence-corrected chi connectivity index (χ3v) is 3.48. The zero-order valence-corrected chi connectivity index (χ0v) is 12.2. The number of phenolic OH excluding ortho intramolecular Hbond substituents is 1. The number of halogens is 1. The molecule has 2 aromatic carbocycles. The van der Waals surface area contributed by atoms with Crippen LogP contribution in [0, 0.1) is 6.92 Å². The monoisotopic (exact) mass is 303 g/mol. The number of hydrogen-bond donors (Lipinski definition) is 1. The summed E-state index contributed by atoms with van der Waals surface area (Å²) in [6, 6.07) is 9.17. The van der Waals surface area contributed by atoms with Gasteiger partial charge >= 0.3 is 0 Å². The van der Waals surface area contributed by atoms with Gasteiger partial charge in [0.2, 0.25) is 0 Å². The third kappa shape index (κ3) is 3.01. The number of aliphatic imine (C=N–C) groups is 1. The van der Waals surface area contributed by atoms with Crippen molar-refractivity contribution in [3.8, 4) is 11.5 Å². The quantitative estimate of drug-likeness (QED) is 0.854. The summed E-state index contributed by atoms with van der Waals surface area (Å²) in [4.78, 5) is 4.37. The van der Waals surface area contributed by atoms with Crippen molar-refractivity contribution in [2.24, 2.45) is 4.99 Å². The highest BCUT2D eigenvalue weighted by molar-refractivity contribution is 6.32. The number of phenols is 1. The third-order valence-electron chi connectivity index (χ3n) is 3.19. The molecule has 3 rings (SSSR count). The predicted molar refractivity (Wildman–Crippen MR) is 81.8 cm³/mol. The van der Waals surface area contributed by atoms with Crippen LogP contribution in [0.1, 0.15) is 16.7 Å². The van der Waals surface area contributed by atoms with Crippen LogP contribution >= 0.6 is 11.6 Å². The van der Waals surface area contributed by atoms with Crippen molar-refractivity contribution >= 4 is 23.5 Å². The van der Waals surface area contributed by atoms with Crippen molar-refractivity contribution < 1.29 is 14.6 Å². The number of fused-ring (bicyclic) bond motifs is 1. The number of hydrogen-bond acceptors (Lipinski definition) is 4. The molecule has 0 unspecified atom stereocenters. The summed E-state index contributed by atoms with van der Waals surface area (Å²) >= 11 is 5.95. The van der Waals surface area contributed by atoms with Gasteiger partial charge in [-0.05, 0) is 42.8 Å². The molecule has 0 aromatic heterocycles. The van der Waals surface area contributed by atoms with Gasteiger partial charge in [-0.1, -0.05) is 11.6 Å². The summed E-state index contributed by atoms with van der Waals surface area (Å²) in [6.45, 7) is 2.71. The van der Waals surface area contributed by atoms with Crippen LogP contribution in [-0.4, -0.2) is 18.1 Å². The summed E-state index contributed by atoms with van der Waals surface area (Å²) < 4.78 is 10.6. The molecule has 108 valence electrons. The maximum atomic E-state index is 9.93. The molecule has 0 saturated carbocycles. The zero-order chi connectivity index (χ0) is 14.8. The Morgan fingerprint density at radius 2 is 2.14 bits per heavy atom. The highest BCUT2D eigenvalue weighted by atomic mass is 35.5. The maximum absolute atomic E-state index is 9.93. The number of ether oxygens (including phenoxy) is 2. The van der Waals surface area contributed by atoms with Crippen LogP contribution in [0.15, 0.2) is 35.3 Å². The van der Waals surface area contributed by atoms with Crippen LogP contribution in [0.5, 0.6) is 11.5 Å². The van der Waals surface area contributed by atoms with Gasteiger partial charge in [0, 0.05) is 17.3 Å². The second-order valence-electron chi connectivity index (χ2n) is 4.85. The molecule has 0 saturated heterocycles. The average Bonchev–Trinajstić information content (AvgIpc) is 2.49. The first kappa shape index (κ1) is 13.9. The van der Waals surface area contributed by atoms with E-state index in [1.165, 1.54) is 0 Å². The number of aromatic hydroxyl groups is 1. The number of rotatable bonds is 2. The van der Waals surface area contributed by atoms with Gasteiger partial charge in [-0.3, -0.25) is 4.99 Å². The van der Waals surface area contributed by atoms with Crippen molar-refractivity contribution in [2.45, 2.75) is 13.5 Å². The molecule has 0 radical (unpaired) electrons. The summed E-state index contributed by atoms with van der Waals surface area (Å²) in [5, 5.41) is 10.3. The Labute approximate surface area is 127 Å². The van der Waals surface area contributed by atoms with E-state index in [1.54, 1.807) is 12.3 Å². The Balaban J connectivity index is 1.89. The molecule has 0 spiro atoms. The molecule has 0 aliphatic carbocycles. The van der Waals surface area contributed by atoms with Gasteiger partial charge in [0.25, 0.3) is 0 Å². The lowest BCUT2D eigenvalue weighted by molar-refractivity contribution is -0.0163. The van der Waals surface area contributed by atoms with Gasteiger partial charge in [-0.25, -0.2) is 0 Å². The van der Waals surface area contributed by atoms with Crippen LogP contribution in [0.2, 0.25) is 5.02 Å². The van der Waals surface area contributed by atoms with Crippen molar-refractivity contribution in [1.82, 2.24) is 0 Å². The van der Waals surface area contributed by atoms with Crippen LogP contribution in [0.25, 0.3) is 0 Å². The van der Waals surface area contributed by atoms with E-state index in [9.17, 15) is 5.11 Å². The van der Waals surface area contributed by atoms with E-state index in [0.29, 0.717) is 17.2 Å². The van der Waals surface area contributed by atoms with Crippen molar-refractivity contribution in [3.05, 3.63) is 52.0 Å². The van der Waals surface area contributed by atoms with Crippen molar-refractivity contribution in [2.75, 3.05) is 6.79 Å². The van der Waals surface area contributed by atoms with Gasteiger partial charge in [-0.15, -0.1) is 0 Å². The molecule has 0 atom stereocenters. The first-order valence-corrected chi connectivity index (χ1v) is 6.88. The second kappa shape index (κ2) is 5.76.